The first kappa shape index (κ1) is 14.4. The number of nitrogens with one attached hydrogen (secondary N) is 1. The molecule has 1 aromatic carbocycles. The summed E-state index contributed by atoms with van der Waals surface area (Å²) in [6.07, 6.45) is 1.64. The minimum absolute atomic E-state index is 0.0343. The van der Waals surface area contributed by atoms with E-state index in [9.17, 15) is 8.42 Å². The molecule has 2 aromatic rings. The first-order valence-corrected chi connectivity index (χ1v) is 8.54. The molecule has 8 heteroatoms. The van der Waals surface area contributed by atoms with Crippen LogP contribution in [-0.2, 0) is 10.0 Å². The summed E-state index contributed by atoms with van der Waals surface area (Å²) in [4.78, 5) is 2.44. The third-order valence-electron chi connectivity index (χ3n) is 3.90. The lowest BCUT2D eigenvalue weighted by Gasteiger charge is -2.31. The third-order valence-corrected chi connectivity index (χ3v) is 5.45. The van der Waals surface area contributed by atoms with Crippen LogP contribution in [0.1, 0.15) is 19.8 Å². The minimum atomic E-state index is -3.61. The molecule has 1 fully saturated rings. The van der Waals surface area contributed by atoms with Crippen LogP contribution in [0.2, 0.25) is 0 Å². The molecular weight excluding hydrogens is 292 g/mol. The molecule has 1 aromatic heterocycles. The molecule has 2 heterocycles. The Bertz CT molecular complexity index is 720. The van der Waals surface area contributed by atoms with Crippen LogP contribution in [-0.4, -0.2) is 49.3 Å². The van der Waals surface area contributed by atoms with E-state index in [1.165, 1.54) is 6.07 Å². The Labute approximate surface area is 123 Å². The van der Waals surface area contributed by atoms with E-state index in [1.54, 1.807) is 12.1 Å². The smallest absolute Gasteiger partial charge is 0.243 e. The molecule has 1 saturated heterocycles. The van der Waals surface area contributed by atoms with Gasteiger partial charge in [0.25, 0.3) is 0 Å². The second-order valence-electron chi connectivity index (χ2n) is 5.22. The van der Waals surface area contributed by atoms with Crippen molar-refractivity contribution in [3.05, 3.63) is 18.2 Å². The van der Waals surface area contributed by atoms with E-state index in [1.807, 2.05) is 0 Å². The van der Waals surface area contributed by atoms with Gasteiger partial charge in [0, 0.05) is 6.04 Å². The minimum Gasteiger partial charge on any atom is -0.303 e. The molecule has 0 radical (unpaired) electrons. The molecule has 1 aliphatic heterocycles. The molecule has 7 nitrogen and oxygen atoms in total. The van der Waals surface area contributed by atoms with Crippen LogP contribution in [0, 0.1) is 0 Å². The Balaban J connectivity index is 1.80. The largest absolute Gasteiger partial charge is 0.303 e. The number of rotatable bonds is 4. The topological polar surface area (TPSA) is 88.3 Å². The summed E-state index contributed by atoms with van der Waals surface area (Å²) in [7, 11) is -3.61. The maximum atomic E-state index is 12.5. The molecule has 0 bridgehead atoms. The first-order chi connectivity index (χ1) is 10.1. The van der Waals surface area contributed by atoms with Gasteiger partial charge >= 0.3 is 0 Å². The van der Waals surface area contributed by atoms with Gasteiger partial charge in [-0.25, -0.2) is 17.8 Å². The summed E-state index contributed by atoms with van der Waals surface area (Å²) >= 11 is 0. The molecule has 0 saturated carbocycles. The van der Waals surface area contributed by atoms with Crippen LogP contribution < -0.4 is 4.72 Å². The average molecular weight is 310 g/mol. The fraction of sp³-hybridized carbons (Fsp3) is 0.538. The highest BCUT2D eigenvalue weighted by Gasteiger charge is 2.26. The maximum absolute atomic E-state index is 12.5. The predicted octanol–water partition coefficient (Wildman–Crippen LogP) is 0.985. The van der Waals surface area contributed by atoms with Gasteiger partial charge in [-0.3, -0.25) is 0 Å². The van der Waals surface area contributed by atoms with Crippen molar-refractivity contribution >= 4 is 21.1 Å². The van der Waals surface area contributed by atoms with Gasteiger partial charge in [-0.1, -0.05) is 13.0 Å². The van der Waals surface area contributed by atoms with Gasteiger partial charge < -0.3 is 4.90 Å². The molecule has 21 heavy (non-hydrogen) atoms. The number of aromatic nitrogens is 2. The molecule has 1 N–H and O–H groups in total. The van der Waals surface area contributed by atoms with Gasteiger partial charge in [-0.15, -0.1) is 0 Å². The van der Waals surface area contributed by atoms with E-state index in [2.05, 4.69) is 31.5 Å². The number of piperidine rings is 1. The van der Waals surface area contributed by atoms with Crippen LogP contribution in [0.25, 0.3) is 11.0 Å². The Hall–Kier alpha value is -1.51. The number of benzene rings is 1. The number of fused-ring (bicyclic) bond motifs is 1. The average Bonchev–Trinajstić information content (AvgIpc) is 2.95. The quantitative estimate of drug-likeness (QED) is 0.906. The molecule has 0 unspecified atom stereocenters. The number of sulfonamides is 1. The van der Waals surface area contributed by atoms with Crippen molar-refractivity contribution in [3.63, 3.8) is 0 Å². The number of likely N-dealkylation sites (tertiary alicyclic amines) is 1. The molecule has 0 atom stereocenters. The molecule has 0 spiro atoms. The molecule has 3 rings (SSSR count). The molecule has 0 aliphatic carbocycles. The van der Waals surface area contributed by atoms with Crippen LogP contribution in [0.3, 0.4) is 0 Å². The van der Waals surface area contributed by atoms with E-state index >= 15 is 0 Å². The summed E-state index contributed by atoms with van der Waals surface area (Å²) in [5, 5.41) is 7.37. The van der Waals surface area contributed by atoms with E-state index in [4.69, 9.17) is 0 Å². The first-order valence-electron chi connectivity index (χ1n) is 7.06. The zero-order chi connectivity index (χ0) is 14.9. The van der Waals surface area contributed by atoms with Crippen LogP contribution in [0.5, 0.6) is 0 Å². The molecule has 1 aliphatic rings. The lowest BCUT2D eigenvalue weighted by molar-refractivity contribution is 0.217. The summed E-state index contributed by atoms with van der Waals surface area (Å²) in [5.41, 5.74) is 0.717. The van der Waals surface area contributed by atoms with Crippen LogP contribution >= 0.6 is 0 Å². The van der Waals surface area contributed by atoms with Gasteiger partial charge in [0.2, 0.25) is 10.0 Å². The van der Waals surface area contributed by atoms with E-state index in [0.717, 1.165) is 32.5 Å². The number of nitrogens with zero attached hydrogens (tertiary/aromatic N) is 3. The molecular formula is C13H18N4O3S. The second kappa shape index (κ2) is 5.70. The van der Waals surface area contributed by atoms with E-state index < -0.39 is 10.0 Å². The standard InChI is InChI=1S/C13H18N4O3S/c1-2-17-8-6-10(7-9-17)16-21(18,19)12-5-3-4-11-13(12)15-20-14-11/h3-5,10,16H,2,6-9H2,1H3. The maximum Gasteiger partial charge on any atom is 0.243 e. The van der Waals surface area contributed by atoms with Gasteiger partial charge in [0.15, 0.2) is 5.52 Å². The SMILES string of the molecule is CCN1CCC(NS(=O)(=O)c2cccc3nonc23)CC1. The summed E-state index contributed by atoms with van der Waals surface area (Å²) < 4.78 is 32.5. The van der Waals surface area contributed by atoms with E-state index in [0.29, 0.717) is 5.52 Å². The van der Waals surface area contributed by atoms with Crippen molar-refractivity contribution in [1.82, 2.24) is 19.9 Å². The highest BCUT2D eigenvalue weighted by molar-refractivity contribution is 7.89. The Morgan fingerprint density at radius 2 is 2.10 bits per heavy atom. The van der Waals surface area contributed by atoms with Crippen molar-refractivity contribution in [1.29, 1.82) is 0 Å². The van der Waals surface area contributed by atoms with Gasteiger partial charge in [-0.05, 0) is 54.9 Å². The van der Waals surface area contributed by atoms with Crippen molar-refractivity contribution in [2.45, 2.75) is 30.7 Å². The summed E-state index contributed by atoms with van der Waals surface area (Å²) in [5.74, 6) is 0. The van der Waals surface area contributed by atoms with Crippen molar-refractivity contribution in [3.8, 4) is 0 Å². The summed E-state index contributed by atoms with van der Waals surface area (Å²) in [6, 6.07) is 4.80. The van der Waals surface area contributed by atoms with Crippen molar-refractivity contribution < 1.29 is 13.0 Å². The molecule has 0 amide bonds. The third kappa shape index (κ3) is 2.92. The summed E-state index contributed by atoms with van der Waals surface area (Å²) in [6.45, 7) is 4.95. The predicted molar refractivity (Wildman–Crippen MR) is 77.3 cm³/mol. The van der Waals surface area contributed by atoms with Crippen molar-refractivity contribution in [2.24, 2.45) is 0 Å². The number of hydrogen-bond donors (Lipinski definition) is 1. The normalized spacial score (nSPS) is 18.3. The Morgan fingerprint density at radius 3 is 2.81 bits per heavy atom. The van der Waals surface area contributed by atoms with Gasteiger partial charge in [-0.2, -0.15) is 0 Å². The Kier molecular flexibility index (Phi) is 3.92. The van der Waals surface area contributed by atoms with Gasteiger partial charge in [0.1, 0.15) is 10.4 Å². The second-order valence-corrected chi connectivity index (χ2v) is 6.90. The highest BCUT2D eigenvalue weighted by Crippen LogP contribution is 2.21. The van der Waals surface area contributed by atoms with Gasteiger partial charge in [0.05, 0.1) is 0 Å². The fourth-order valence-corrected chi connectivity index (χ4v) is 4.10. The van der Waals surface area contributed by atoms with Crippen molar-refractivity contribution in [2.75, 3.05) is 19.6 Å². The highest BCUT2D eigenvalue weighted by atomic mass is 32.2. The van der Waals surface area contributed by atoms with Crippen LogP contribution in [0.15, 0.2) is 27.7 Å². The van der Waals surface area contributed by atoms with E-state index in [-0.39, 0.29) is 16.5 Å². The fourth-order valence-electron chi connectivity index (χ4n) is 2.65. The Morgan fingerprint density at radius 1 is 1.33 bits per heavy atom. The zero-order valence-corrected chi connectivity index (χ0v) is 12.6. The number of hydrogen-bond acceptors (Lipinski definition) is 6. The lowest BCUT2D eigenvalue weighted by Crippen LogP contribution is -2.44. The monoisotopic (exact) mass is 310 g/mol. The van der Waals surface area contributed by atoms with Crippen LogP contribution in [0.4, 0.5) is 0 Å². The molecule has 114 valence electrons. The zero-order valence-electron chi connectivity index (χ0n) is 11.8. The lowest BCUT2D eigenvalue weighted by atomic mass is 10.1.